The van der Waals surface area contributed by atoms with Crippen LogP contribution in [0.25, 0.3) is 11.1 Å². The van der Waals surface area contributed by atoms with Crippen molar-refractivity contribution in [1.82, 2.24) is 15.6 Å². The van der Waals surface area contributed by atoms with E-state index in [-0.39, 0.29) is 18.1 Å². The number of nitrogens with zero attached hydrogens (tertiary/aromatic N) is 3. The van der Waals surface area contributed by atoms with Gasteiger partial charge in [-0.15, -0.1) is 0 Å². The van der Waals surface area contributed by atoms with E-state index in [2.05, 4.69) is 60.4 Å². The number of benzene rings is 2. The van der Waals surface area contributed by atoms with Crippen molar-refractivity contribution in [2.75, 3.05) is 13.6 Å². The van der Waals surface area contributed by atoms with Gasteiger partial charge in [-0.3, -0.25) is 9.98 Å². The molecule has 2 N–H and O–H groups in total. The molecule has 2 aromatic carbocycles. The van der Waals surface area contributed by atoms with E-state index >= 15 is 4.39 Å². The number of halogens is 2. The lowest BCUT2D eigenvalue weighted by molar-refractivity contribution is 0.575. The number of aromatic nitrogens is 1. The van der Waals surface area contributed by atoms with Crippen LogP contribution in [0.1, 0.15) is 22.4 Å². The summed E-state index contributed by atoms with van der Waals surface area (Å²) in [6.45, 7) is 6.62. The minimum absolute atomic E-state index is 0.135. The third-order valence-corrected chi connectivity index (χ3v) is 6.10. The number of likely N-dealkylation sites (N-methyl/N-ethyl adjacent to an activating group) is 1. The van der Waals surface area contributed by atoms with Crippen molar-refractivity contribution in [3.8, 4) is 11.1 Å². The smallest absolute Gasteiger partial charge is 0.160 e. The Labute approximate surface area is 209 Å². The van der Waals surface area contributed by atoms with Gasteiger partial charge in [-0.2, -0.15) is 0 Å². The summed E-state index contributed by atoms with van der Waals surface area (Å²) in [5.41, 5.74) is 6.21. The first-order valence-electron chi connectivity index (χ1n) is 11.1. The normalized spacial score (nSPS) is 12.0. The number of aliphatic imine (C=N–C) groups is 2. The molecule has 0 atom stereocenters. The fourth-order valence-corrected chi connectivity index (χ4v) is 4.19. The summed E-state index contributed by atoms with van der Waals surface area (Å²) < 4.78 is 16.3. The summed E-state index contributed by atoms with van der Waals surface area (Å²) in [6.07, 6.45) is 3.99. The van der Waals surface area contributed by atoms with Gasteiger partial charge in [-0.25, -0.2) is 9.38 Å². The lowest BCUT2D eigenvalue weighted by atomic mass is 10.0. The molecule has 0 saturated heterocycles. The number of hydrogen-bond acceptors (Lipinski definition) is 4. The summed E-state index contributed by atoms with van der Waals surface area (Å²) in [6, 6.07) is 18.0. The Morgan fingerprint density at radius 1 is 1.15 bits per heavy atom. The van der Waals surface area contributed by atoms with Gasteiger partial charge in [0.15, 0.2) is 5.82 Å². The third-order valence-electron chi connectivity index (χ3n) is 5.36. The highest BCUT2D eigenvalue weighted by molar-refractivity contribution is 9.10. The zero-order chi connectivity index (χ0) is 24.3. The number of hydrogen-bond donors (Lipinski definition) is 2. The van der Waals surface area contributed by atoms with Crippen LogP contribution in [0.3, 0.4) is 0 Å². The maximum atomic E-state index is 15.3. The van der Waals surface area contributed by atoms with Crippen molar-refractivity contribution < 1.29 is 4.39 Å². The second-order valence-electron chi connectivity index (χ2n) is 7.82. The van der Waals surface area contributed by atoms with Gasteiger partial charge in [0.1, 0.15) is 12.2 Å². The highest BCUT2D eigenvalue weighted by atomic mass is 79.9. The molecule has 0 unspecified atom stereocenters. The van der Waals surface area contributed by atoms with Crippen molar-refractivity contribution in [3.05, 3.63) is 99.3 Å². The van der Waals surface area contributed by atoms with E-state index in [0.717, 1.165) is 50.9 Å². The maximum absolute atomic E-state index is 15.3. The van der Waals surface area contributed by atoms with Crippen molar-refractivity contribution >= 4 is 29.0 Å². The topological polar surface area (TPSA) is 61.7 Å². The Kier molecular flexibility index (Phi) is 9.67. The van der Waals surface area contributed by atoms with Crippen LogP contribution in [0.4, 0.5) is 4.39 Å². The quantitative estimate of drug-likeness (QED) is 0.248. The number of allylic oxidation sites excluding steroid dienone is 1. The van der Waals surface area contributed by atoms with Gasteiger partial charge in [-0.05, 0) is 79.7 Å². The highest BCUT2D eigenvalue weighted by Gasteiger charge is 2.12. The predicted molar refractivity (Wildman–Crippen MR) is 143 cm³/mol. The zero-order valence-electron chi connectivity index (χ0n) is 19.5. The van der Waals surface area contributed by atoms with Gasteiger partial charge in [0.05, 0.1) is 0 Å². The van der Waals surface area contributed by atoms with Crippen molar-refractivity contribution in [2.24, 2.45) is 9.98 Å². The minimum Gasteiger partial charge on any atom is -0.364 e. The summed E-state index contributed by atoms with van der Waals surface area (Å²) in [5.74, 6) is -0.201. The molecule has 34 heavy (non-hydrogen) atoms. The van der Waals surface area contributed by atoms with Crippen LogP contribution in [0.2, 0.25) is 0 Å². The van der Waals surface area contributed by atoms with Crippen molar-refractivity contribution in [2.45, 2.75) is 26.3 Å². The molecule has 3 rings (SSSR count). The standard InChI is InChI=1S/C27H29BrFN5/c1-19-15-22(11-14-32-19)21-9-7-20(8-10-21)17-33-27(34-18-31-3)26(29)16-23-5-4-6-25(28)24(23)12-13-30-2/h4-11,14-15,18,30,33H,3,12-13,16-17H2,1-2H3/b27-26+,34-18-. The SMILES string of the molecule is C=N/C=N\C(NCc1ccc(-c2ccnc(C)c2)cc1)=C(\F)Cc1cccc(Br)c1CCNC. The summed E-state index contributed by atoms with van der Waals surface area (Å²) in [5, 5.41) is 6.27. The maximum Gasteiger partial charge on any atom is 0.160 e. The zero-order valence-corrected chi connectivity index (χ0v) is 21.1. The lowest BCUT2D eigenvalue weighted by Crippen LogP contribution is -2.15. The first-order chi connectivity index (χ1) is 16.5. The summed E-state index contributed by atoms with van der Waals surface area (Å²) in [4.78, 5) is 12.0. The molecular formula is C27H29BrFN5. The molecule has 0 aliphatic heterocycles. The molecule has 0 radical (unpaired) electrons. The number of pyridine rings is 1. The van der Waals surface area contributed by atoms with Crippen LogP contribution in [0.15, 0.2) is 86.9 Å². The van der Waals surface area contributed by atoms with Crippen LogP contribution in [-0.4, -0.2) is 31.6 Å². The van der Waals surface area contributed by atoms with Crippen molar-refractivity contribution in [1.29, 1.82) is 0 Å². The van der Waals surface area contributed by atoms with Crippen LogP contribution in [0.5, 0.6) is 0 Å². The second kappa shape index (κ2) is 12.9. The van der Waals surface area contributed by atoms with E-state index in [4.69, 9.17) is 0 Å². The number of nitrogens with one attached hydrogen (secondary N) is 2. The summed E-state index contributed by atoms with van der Waals surface area (Å²) >= 11 is 3.60. The largest absolute Gasteiger partial charge is 0.364 e. The van der Waals surface area contributed by atoms with E-state index in [0.29, 0.717) is 6.54 Å². The molecule has 7 heteroatoms. The average molecular weight is 522 g/mol. The molecule has 1 aromatic heterocycles. The average Bonchev–Trinajstić information content (AvgIpc) is 2.84. The van der Waals surface area contributed by atoms with Crippen LogP contribution >= 0.6 is 15.9 Å². The first kappa shape index (κ1) is 25.5. The molecule has 0 aliphatic rings. The van der Waals surface area contributed by atoms with Gasteiger partial charge in [-0.1, -0.05) is 52.3 Å². The molecular weight excluding hydrogens is 493 g/mol. The van der Waals surface area contributed by atoms with E-state index < -0.39 is 0 Å². The molecule has 1 heterocycles. The van der Waals surface area contributed by atoms with Crippen LogP contribution in [-0.2, 0) is 19.4 Å². The Balaban J connectivity index is 1.76. The first-order valence-corrected chi connectivity index (χ1v) is 11.8. The number of aryl methyl sites for hydroxylation is 1. The molecule has 0 fully saturated rings. The molecule has 0 aliphatic carbocycles. The van der Waals surface area contributed by atoms with Gasteiger partial charge >= 0.3 is 0 Å². The van der Waals surface area contributed by atoms with E-state index in [1.54, 1.807) is 6.20 Å². The molecule has 0 spiro atoms. The molecule has 176 valence electrons. The van der Waals surface area contributed by atoms with E-state index in [1.165, 1.54) is 6.34 Å². The number of rotatable bonds is 11. The highest BCUT2D eigenvalue weighted by Crippen LogP contribution is 2.25. The monoisotopic (exact) mass is 521 g/mol. The molecule has 3 aromatic rings. The molecule has 0 amide bonds. The Hall–Kier alpha value is -3.16. The predicted octanol–water partition coefficient (Wildman–Crippen LogP) is 5.78. The van der Waals surface area contributed by atoms with Crippen molar-refractivity contribution in [3.63, 3.8) is 0 Å². The Morgan fingerprint density at radius 2 is 1.94 bits per heavy atom. The fraction of sp³-hybridized carbons (Fsp3) is 0.222. The molecule has 0 saturated carbocycles. The van der Waals surface area contributed by atoms with E-state index in [1.807, 2.05) is 56.4 Å². The summed E-state index contributed by atoms with van der Waals surface area (Å²) in [7, 11) is 1.90. The third kappa shape index (κ3) is 7.17. The van der Waals surface area contributed by atoms with Gasteiger partial charge in [0, 0.05) is 29.3 Å². The Bertz CT molecular complexity index is 1170. The van der Waals surface area contributed by atoms with E-state index in [9.17, 15) is 0 Å². The van der Waals surface area contributed by atoms with Gasteiger partial charge in [0.25, 0.3) is 0 Å². The minimum atomic E-state index is -0.354. The molecule has 5 nitrogen and oxygen atoms in total. The fourth-order valence-electron chi connectivity index (χ4n) is 3.59. The van der Waals surface area contributed by atoms with Gasteiger partial charge < -0.3 is 10.6 Å². The lowest BCUT2D eigenvalue weighted by Gasteiger charge is -2.13. The Morgan fingerprint density at radius 3 is 2.65 bits per heavy atom. The van der Waals surface area contributed by atoms with Crippen LogP contribution < -0.4 is 10.6 Å². The second-order valence-corrected chi connectivity index (χ2v) is 8.68. The van der Waals surface area contributed by atoms with Crippen LogP contribution in [0, 0.1) is 6.92 Å². The molecule has 0 bridgehead atoms. The van der Waals surface area contributed by atoms with Gasteiger partial charge in [0.2, 0.25) is 0 Å².